The average molecular weight is 247 g/mol. The highest BCUT2D eigenvalue weighted by Gasteiger charge is 2.42. The van der Waals surface area contributed by atoms with Gasteiger partial charge in [-0.2, -0.15) is 0 Å². The van der Waals surface area contributed by atoms with E-state index in [9.17, 15) is 5.11 Å². The van der Waals surface area contributed by atoms with Crippen molar-refractivity contribution in [3.8, 4) is 5.75 Å². The number of piperidine rings is 1. The van der Waals surface area contributed by atoms with Gasteiger partial charge in [0, 0.05) is 18.5 Å². The Morgan fingerprint density at radius 1 is 1.28 bits per heavy atom. The van der Waals surface area contributed by atoms with Crippen molar-refractivity contribution in [2.45, 2.75) is 49.8 Å². The quantitative estimate of drug-likeness (QED) is 0.857. The van der Waals surface area contributed by atoms with Crippen LogP contribution in [0.15, 0.2) is 24.3 Å². The van der Waals surface area contributed by atoms with Crippen molar-refractivity contribution in [1.29, 1.82) is 0 Å². The maximum absolute atomic E-state index is 10.8. The molecule has 0 amide bonds. The minimum absolute atomic E-state index is 0.503. The Hall–Kier alpha value is -1.06. The number of hydrogen-bond donors (Lipinski definition) is 2. The molecule has 2 unspecified atom stereocenters. The van der Waals surface area contributed by atoms with Crippen LogP contribution in [0.2, 0.25) is 0 Å². The molecule has 2 atom stereocenters. The predicted molar refractivity (Wildman–Crippen MR) is 70.8 cm³/mol. The molecule has 2 aliphatic rings. The average Bonchev–Trinajstić information content (AvgIpc) is 2.70. The van der Waals surface area contributed by atoms with Crippen LogP contribution in [0.3, 0.4) is 0 Å². The van der Waals surface area contributed by atoms with Crippen molar-refractivity contribution in [3.63, 3.8) is 0 Å². The van der Waals surface area contributed by atoms with Crippen LogP contribution >= 0.6 is 0 Å². The Labute approximate surface area is 108 Å². The monoisotopic (exact) mass is 247 g/mol. The van der Waals surface area contributed by atoms with Crippen LogP contribution in [0.1, 0.15) is 31.2 Å². The first-order valence-corrected chi connectivity index (χ1v) is 6.79. The minimum Gasteiger partial charge on any atom is -0.496 e. The van der Waals surface area contributed by atoms with E-state index in [0.29, 0.717) is 18.5 Å². The molecule has 0 aromatic heterocycles. The molecule has 2 heterocycles. The van der Waals surface area contributed by atoms with Gasteiger partial charge in [-0.15, -0.1) is 0 Å². The van der Waals surface area contributed by atoms with Crippen LogP contribution in [-0.2, 0) is 6.42 Å². The van der Waals surface area contributed by atoms with E-state index in [4.69, 9.17) is 4.74 Å². The molecule has 98 valence electrons. The van der Waals surface area contributed by atoms with Crippen LogP contribution in [0.25, 0.3) is 0 Å². The summed E-state index contributed by atoms with van der Waals surface area (Å²) < 4.78 is 5.37. The fourth-order valence-corrected chi connectivity index (χ4v) is 3.57. The molecule has 2 fully saturated rings. The lowest BCUT2D eigenvalue weighted by Crippen LogP contribution is -2.49. The SMILES string of the molecule is COc1ccccc1CC1(O)CC2CCC(C1)N2. The highest BCUT2D eigenvalue weighted by Crippen LogP contribution is 2.37. The molecule has 0 saturated carbocycles. The second-order valence-electron chi connectivity index (χ2n) is 5.76. The van der Waals surface area contributed by atoms with Crippen LogP contribution in [0.5, 0.6) is 5.75 Å². The van der Waals surface area contributed by atoms with Gasteiger partial charge in [-0.25, -0.2) is 0 Å². The molecule has 0 aliphatic carbocycles. The third kappa shape index (κ3) is 2.25. The van der Waals surface area contributed by atoms with Crippen LogP contribution < -0.4 is 10.1 Å². The van der Waals surface area contributed by atoms with Gasteiger partial charge in [-0.1, -0.05) is 18.2 Å². The first kappa shape index (κ1) is 12.0. The molecule has 3 heteroatoms. The van der Waals surface area contributed by atoms with Crippen LogP contribution in [0, 0.1) is 0 Å². The van der Waals surface area contributed by atoms with Crippen LogP contribution in [-0.4, -0.2) is 29.9 Å². The van der Waals surface area contributed by atoms with Crippen molar-refractivity contribution >= 4 is 0 Å². The number of rotatable bonds is 3. The molecule has 2 saturated heterocycles. The van der Waals surface area contributed by atoms with Crippen molar-refractivity contribution in [1.82, 2.24) is 5.32 Å². The van der Waals surface area contributed by atoms with Gasteiger partial charge >= 0.3 is 0 Å². The number of para-hydroxylation sites is 1. The molecular formula is C15H21NO2. The zero-order valence-electron chi connectivity index (χ0n) is 10.9. The summed E-state index contributed by atoms with van der Waals surface area (Å²) in [6, 6.07) is 9.01. The lowest BCUT2D eigenvalue weighted by molar-refractivity contribution is -0.00649. The number of nitrogens with one attached hydrogen (secondary N) is 1. The van der Waals surface area contributed by atoms with E-state index in [1.165, 1.54) is 12.8 Å². The van der Waals surface area contributed by atoms with E-state index in [1.54, 1.807) is 7.11 Å². The van der Waals surface area contributed by atoms with E-state index in [1.807, 2.05) is 18.2 Å². The fourth-order valence-electron chi connectivity index (χ4n) is 3.57. The van der Waals surface area contributed by atoms with E-state index in [2.05, 4.69) is 11.4 Å². The van der Waals surface area contributed by atoms with Gasteiger partial charge in [0.2, 0.25) is 0 Å². The molecular weight excluding hydrogens is 226 g/mol. The topological polar surface area (TPSA) is 41.5 Å². The minimum atomic E-state index is -0.564. The van der Waals surface area contributed by atoms with E-state index in [0.717, 1.165) is 24.2 Å². The van der Waals surface area contributed by atoms with Crippen molar-refractivity contribution in [2.24, 2.45) is 0 Å². The van der Waals surface area contributed by atoms with Gasteiger partial charge < -0.3 is 15.2 Å². The third-order valence-electron chi connectivity index (χ3n) is 4.30. The van der Waals surface area contributed by atoms with Gasteiger partial charge in [0.15, 0.2) is 0 Å². The second kappa shape index (κ2) is 4.56. The lowest BCUT2D eigenvalue weighted by atomic mass is 9.82. The molecule has 3 nitrogen and oxygen atoms in total. The Morgan fingerprint density at radius 2 is 1.94 bits per heavy atom. The summed E-state index contributed by atoms with van der Waals surface area (Å²) in [4.78, 5) is 0. The zero-order valence-corrected chi connectivity index (χ0v) is 10.9. The molecule has 0 spiro atoms. The van der Waals surface area contributed by atoms with Crippen molar-refractivity contribution in [2.75, 3.05) is 7.11 Å². The summed E-state index contributed by atoms with van der Waals surface area (Å²) in [6.07, 6.45) is 4.84. The first-order valence-electron chi connectivity index (χ1n) is 6.79. The number of benzene rings is 1. The summed E-state index contributed by atoms with van der Waals surface area (Å²) in [6.45, 7) is 0. The standard InChI is InChI=1S/C15H21NO2/c1-18-14-5-3-2-4-11(14)8-15(17)9-12-6-7-13(10-15)16-12/h2-5,12-13,16-17H,6-10H2,1H3. The number of fused-ring (bicyclic) bond motifs is 2. The molecule has 2 aliphatic heterocycles. The molecule has 1 aromatic carbocycles. The molecule has 2 N–H and O–H groups in total. The summed E-state index contributed by atoms with van der Waals surface area (Å²) in [5.41, 5.74) is 0.551. The van der Waals surface area contributed by atoms with Gasteiger partial charge in [0.05, 0.1) is 12.7 Å². The molecule has 2 bridgehead atoms. The molecule has 1 aromatic rings. The van der Waals surface area contributed by atoms with Gasteiger partial charge in [0.1, 0.15) is 5.75 Å². The number of ether oxygens (including phenoxy) is 1. The Bertz CT molecular complexity index is 420. The van der Waals surface area contributed by atoms with E-state index < -0.39 is 5.60 Å². The Kier molecular flexibility index (Phi) is 3.04. The molecule has 0 radical (unpaired) electrons. The third-order valence-corrected chi connectivity index (χ3v) is 4.30. The zero-order chi connectivity index (χ0) is 12.6. The number of aliphatic hydroxyl groups is 1. The summed E-state index contributed by atoms with van der Waals surface area (Å²) >= 11 is 0. The van der Waals surface area contributed by atoms with Gasteiger partial charge in [-0.05, 0) is 37.3 Å². The Morgan fingerprint density at radius 3 is 2.61 bits per heavy atom. The lowest BCUT2D eigenvalue weighted by Gasteiger charge is -2.37. The maximum Gasteiger partial charge on any atom is 0.122 e. The maximum atomic E-state index is 10.8. The smallest absolute Gasteiger partial charge is 0.122 e. The fraction of sp³-hybridized carbons (Fsp3) is 0.600. The van der Waals surface area contributed by atoms with Crippen LogP contribution in [0.4, 0.5) is 0 Å². The number of methoxy groups -OCH3 is 1. The van der Waals surface area contributed by atoms with Crippen molar-refractivity contribution < 1.29 is 9.84 Å². The van der Waals surface area contributed by atoms with E-state index in [-0.39, 0.29) is 0 Å². The summed E-state index contributed by atoms with van der Waals surface area (Å²) in [5, 5.41) is 14.4. The number of hydrogen-bond acceptors (Lipinski definition) is 3. The summed E-state index contributed by atoms with van der Waals surface area (Å²) in [7, 11) is 1.69. The largest absolute Gasteiger partial charge is 0.496 e. The highest BCUT2D eigenvalue weighted by atomic mass is 16.5. The van der Waals surface area contributed by atoms with Gasteiger partial charge in [-0.3, -0.25) is 0 Å². The normalized spacial score (nSPS) is 34.6. The Balaban J connectivity index is 1.79. The molecule has 3 rings (SSSR count). The second-order valence-corrected chi connectivity index (χ2v) is 5.76. The summed E-state index contributed by atoms with van der Waals surface area (Å²) in [5.74, 6) is 0.886. The first-order chi connectivity index (χ1) is 8.68. The highest BCUT2D eigenvalue weighted by molar-refractivity contribution is 5.34. The van der Waals surface area contributed by atoms with Gasteiger partial charge in [0.25, 0.3) is 0 Å². The van der Waals surface area contributed by atoms with E-state index >= 15 is 0 Å². The molecule has 18 heavy (non-hydrogen) atoms. The predicted octanol–water partition coefficient (Wildman–Crippen LogP) is 1.88. The van der Waals surface area contributed by atoms with Crippen molar-refractivity contribution in [3.05, 3.63) is 29.8 Å².